The second-order valence-corrected chi connectivity index (χ2v) is 2.77. The summed E-state index contributed by atoms with van der Waals surface area (Å²) in [6.07, 6.45) is 0. The molecule has 0 atom stereocenters. The molecule has 0 saturated carbocycles. The van der Waals surface area contributed by atoms with Crippen LogP contribution in [0, 0.1) is 0 Å². The molecular formula is C8H8MoO. The Morgan fingerprint density at radius 3 is 2.40 bits per heavy atom. The Balaban J connectivity index is 2.85. The molecule has 0 spiro atoms. The molecule has 1 nitrogen and oxygen atoms in total. The molecule has 1 aromatic carbocycles. The quantitative estimate of drug-likeness (QED) is 0.678. The molecule has 0 amide bonds. The van der Waals surface area contributed by atoms with E-state index in [9.17, 15) is 0 Å². The number of hydrogen-bond donors (Lipinski definition) is 0. The molecule has 0 unspecified atom stereocenters. The summed E-state index contributed by atoms with van der Waals surface area (Å²) >= 11 is 1.88. The minimum atomic E-state index is 0.969. The van der Waals surface area contributed by atoms with E-state index in [0.717, 1.165) is 9.65 Å². The second-order valence-electron chi connectivity index (χ2n) is 1.86. The number of ether oxygens (including phenoxy) is 1. The Morgan fingerprint density at radius 1 is 1.30 bits per heavy atom. The summed E-state index contributed by atoms with van der Waals surface area (Å²) in [6, 6.07) is 10.1. The molecule has 0 aromatic heterocycles. The van der Waals surface area contributed by atoms with Gasteiger partial charge in [-0.15, -0.1) is 0 Å². The molecule has 0 aliphatic rings. The second kappa shape index (κ2) is 3.80. The van der Waals surface area contributed by atoms with Crippen LogP contribution in [0.15, 0.2) is 30.3 Å². The Labute approximate surface area is 71.4 Å². The molecule has 1 aromatic rings. The summed E-state index contributed by atoms with van der Waals surface area (Å²) in [7, 11) is 1.69. The van der Waals surface area contributed by atoms with E-state index < -0.39 is 0 Å². The summed E-state index contributed by atoms with van der Waals surface area (Å²) in [4.78, 5) is 0. The number of benzene rings is 1. The first-order valence-corrected chi connectivity index (χ1v) is 3.98. The van der Waals surface area contributed by atoms with Crippen LogP contribution in [0.1, 0.15) is 5.56 Å². The van der Waals surface area contributed by atoms with Gasteiger partial charge in [0.2, 0.25) is 0 Å². The Kier molecular flexibility index (Phi) is 2.98. The standard InChI is InChI=1S/C8H8O.Mo/c1-9-7-8-5-3-2-4-6-8;/h2-6H,1H3;. The van der Waals surface area contributed by atoms with Gasteiger partial charge in [0.25, 0.3) is 0 Å². The van der Waals surface area contributed by atoms with Crippen molar-refractivity contribution in [2.24, 2.45) is 0 Å². The topological polar surface area (TPSA) is 9.23 Å². The third-order valence-electron chi connectivity index (χ3n) is 1.19. The monoisotopic (exact) mass is 218 g/mol. The first kappa shape index (κ1) is 7.84. The van der Waals surface area contributed by atoms with Crippen LogP contribution in [-0.4, -0.2) is 11.2 Å². The molecule has 2 heteroatoms. The van der Waals surface area contributed by atoms with Crippen LogP contribution in [-0.2, 0) is 24.1 Å². The fourth-order valence-corrected chi connectivity index (χ4v) is 1.03. The van der Waals surface area contributed by atoms with Crippen LogP contribution < -0.4 is 0 Å². The van der Waals surface area contributed by atoms with Crippen molar-refractivity contribution < 1.29 is 24.1 Å². The first-order chi connectivity index (χ1) is 4.84. The van der Waals surface area contributed by atoms with Gasteiger partial charge in [-0.1, -0.05) is 0 Å². The molecule has 0 aliphatic heterocycles. The molecule has 0 heterocycles. The number of rotatable bonds is 2. The van der Waals surface area contributed by atoms with Crippen LogP contribution in [0.4, 0.5) is 0 Å². The summed E-state index contributed by atoms with van der Waals surface area (Å²) < 4.78 is 6.03. The molecule has 0 N–H and O–H groups in total. The zero-order chi connectivity index (χ0) is 7.40. The van der Waals surface area contributed by atoms with Crippen LogP contribution in [0.5, 0.6) is 0 Å². The van der Waals surface area contributed by atoms with Gasteiger partial charge in [0.15, 0.2) is 0 Å². The SMILES string of the molecule is CO[C](=[Mo])c1ccccc1. The van der Waals surface area contributed by atoms with Crippen molar-refractivity contribution in [1.29, 1.82) is 0 Å². The van der Waals surface area contributed by atoms with Crippen molar-refractivity contribution in [3.63, 3.8) is 0 Å². The Morgan fingerprint density at radius 2 is 1.90 bits per heavy atom. The minimum absolute atomic E-state index is 0.969. The fraction of sp³-hybridized carbons (Fsp3) is 0.125. The Bertz CT molecular complexity index is 218. The van der Waals surface area contributed by atoms with E-state index in [2.05, 4.69) is 0 Å². The molecular weight excluding hydrogens is 208 g/mol. The van der Waals surface area contributed by atoms with Crippen LogP contribution >= 0.6 is 0 Å². The van der Waals surface area contributed by atoms with E-state index in [0.29, 0.717) is 0 Å². The van der Waals surface area contributed by atoms with Crippen molar-refractivity contribution in [3.8, 4) is 0 Å². The normalized spacial score (nSPS) is 9.30. The van der Waals surface area contributed by atoms with Crippen molar-refractivity contribution in [1.82, 2.24) is 0 Å². The van der Waals surface area contributed by atoms with Gasteiger partial charge in [-0.3, -0.25) is 0 Å². The molecule has 1 rings (SSSR count). The molecule has 0 radical (unpaired) electrons. The molecule has 10 heavy (non-hydrogen) atoms. The van der Waals surface area contributed by atoms with Crippen molar-refractivity contribution >= 4 is 4.08 Å². The van der Waals surface area contributed by atoms with Gasteiger partial charge in [-0.2, -0.15) is 0 Å². The third kappa shape index (κ3) is 1.86. The van der Waals surface area contributed by atoms with E-state index >= 15 is 0 Å². The van der Waals surface area contributed by atoms with Crippen molar-refractivity contribution in [3.05, 3.63) is 35.9 Å². The van der Waals surface area contributed by atoms with Gasteiger partial charge in [0.05, 0.1) is 0 Å². The first-order valence-electron chi connectivity index (χ1n) is 2.98. The average molecular weight is 216 g/mol. The molecule has 0 saturated heterocycles. The van der Waals surface area contributed by atoms with Crippen LogP contribution in [0.2, 0.25) is 0 Å². The van der Waals surface area contributed by atoms with Gasteiger partial charge in [-0.25, -0.2) is 0 Å². The molecule has 0 fully saturated rings. The maximum absolute atomic E-state index is 5.06. The third-order valence-corrected chi connectivity index (χ3v) is 2.18. The summed E-state index contributed by atoms with van der Waals surface area (Å²) in [5, 5.41) is 0. The zero-order valence-corrected chi connectivity index (χ0v) is 7.71. The van der Waals surface area contributed by atoms with Gasteiger partial charge in [-0.05, 0) is 0 Å². The maximum atomic E-state index is 5.06. The van der Waals surface area contributed by atoms with Crippen molar-refractivity contribution in [2.45, 2.75) is 0 Å². The molecule has 0 aliphatic carbocycles. The zero-order valence-electron chi connectivity index (χ0n) is 5.70. The molecule has 52 valence electrons. The predicted molar refractivity (Wildman–Crippen MR) is 37.6 cm³/mol. The predicted octanol–water partition coefficient (Wildman–Crippen LogP) is 1.36. The number of hydrogen-bond acceptors (Lipinski definition) is 1. The van der Waals surface area contributed by atoms with Gasteiger partial charge < -0.3 is 0 Å². The average Bonchev–Trinajstić information content (AvgIpc) is 2.05. The summed E-state index contributed by atoms with van der Waals surface area (Å²) in [6.45, 7) is 0. The van der Waals surface area contributed by atoms with Crippen LogP contribution in [0.3, 0.4) is 0 Å². The summed E-state index contributed by atoms with van der Waals surface area (Å²) in [5.41, 5.74) is 1.15. The summed E-state index contributed by atoms with van der Waals surface area (Å²) in [5.74, 6) is 0. The van der Waals surface area contributed by atoms with E-state index in [-0.39, 0.29) is 0 Å². The molecule has 0 bridgehead atoms. The van der Waals surface area contributed by atoms with E-state index in [1.807, 2.05) is 49.7 Å². The van der Waals surface area contributed by atoms with E-state index in [1.165, 1.54) is 0 Å². The number of methoxy groups -OCH3 is 1. The van der Waals surface area contributed by atoms with Gasteiger partial charge in [0, 0.05) is 0 Å². The van der Waals surface area contributed by atoms with E-state index in [4.69, 9.17) is 4.74 Å². The fourth-order valence-electron chi connectivity index (χ4n) is 0.692. The Hall–Kier alpha value is -0.262. The van der Waals surface area contributed by atoms with Crippen LogP contribution in [0.25, 0.3) is 0 Å². The van der Waals surface area contributed by atoms with Gasteiger partial charge >= 0.3 is 71.2 Å². The van der Waals surface area contributed by atoms with Gasteiger partial charge in [0.1, 0.15) is 0 Å². The van der Waals surface area contributed by atoms with E-state index in [1.54, 1.807) is 7.11 Å². The van der Waals surface area contributed by atoms with Crippen molar-refractivity contribution in [2.75, 3.05) is 7.11 Å².